The molecule has 0 aliphatic rings. The predicted molar refractivity (Wildman–Crippen MR) is 68.8 cm³/mol. The van der Waals surface area contributed by atoms with E-state index in [2.05, 4.69) is 21.2 Å². The SMILES string of the molecule is Cc1cccc(NC(C(=O)O)C(C)C)c1Br. The molecule has 1 aromatic rings. The van der Waals surface area contributed by atoms with Crippen molar-refractivity contribution in [2.75, 3.05) is 5.32 Å². The first-order valence-corrected chi connectivity index (χ1v) is 5.97. The Hall–Kier alpha value is -1.03. The molecule has 0 amide bonds. The summed E-state index contributed by atoms with van der Waals surface area (Å²) in [7, 11) is 0. The van der Waals surface area contributed by atoms with Crippen LogP contribution in [0, 0.1) is 12.8 Å². The minimum absolute atomic E-state index is 0.0323. The van der Waals surface area contributed by atoms with E-state index in [1.807, 2.05) is 39.0 Å². The summed E-state index contributed by atoms with van der Waals surface area (Å²) < 4.78 is 0.918. The standard InChI is InChI=1S/C12H16BrNO2/c1-7(2)11(12(15)16)14-9-6-4-5-8(3)10(9)13/h4-7,11,14H,1-3H3,(H,15,16). The van der Waals surface area contributed by atoms with Crippen molar-refractivity contribution in [3.05, 3.63) is 28.2 Å². The first-order chi connectivity index (χ1) is 7.43. The summed E-state index contributed by atoms with van der Waals surface area (Å²) in [5.74, 6) is -0.798. The van der Waals surface area contributed by atoms with Crippen LogP contribution in [0.5, 0.6) is 0 Å². The van der Waals surface area contributed by atoms with Gasteiger partial charge in [-0.3, -0.25) is 0 Å². The molecule has 0 aliphatic carbocycles. The Morgan fingerprint density at radius 1 is 1.44 bits per heavy atom. The van der Waals surface area contributed by atoms with Gasteiger partial charge in [0.1, 0.15) is 6.04 Å². The molecular formula is C12H16BrNO2. The van der Waals surface area contributed by atoms with Gasteiger partial charge in [-0.25, -0.2) is 4.79 Å². The van der Waals surface area contributed by atoms with Gasteiger partial charge in [-0.1, -0.05) is 26.0 Å². The summed E-state index contributed by atoms with van der Waals surface area (Å²) in [6.07, 6.45) is 0. The van der Waals surface area contributed by atoms with E-state index < -0.39 is 12.0 Å². The van der Waals surface area contributed by atoms with Crippen LogP contribution in [0.1, 0.15) is 19.4 Å². The second-order valence-electron chi connectivity index (χ2n) is 4.14. The number of hydrogen-bond acceptors (Lipinski definition) is 2. The maximum atomic E-state index is 11.1. The third-order valence-corrected chi connectivity index (χ3v) is 3.49. The summed E-state index contributed by atoms with van der Waals surface area (Å²) in [6.45, 7) is 5.74. The van der Waals surface area contributed by atoms with Gasteiger partial charge in [0, 0.05) is 10.2 Å². The van der Waals surface area contributed by atoms with Crippen LogP contribution >= 0.6 is 15.9 Å². The van der Waals surface area contributed by atoms with Gasteiger partial charge in [-0.2, -0.15) is 0 Å². The van der Waals surface area contributed by atoms with Crippen LogP contribution in [0.4, 0.5) is 5.69 Å². The Balaban J connectivity index is 2.94. The molecule has 3 nitrogen and oxygen atoms in total. The largest absolute Gasteiger partial charge is 0.480 e. The summed E-state index contributed by atoms with van der Waals surface area (Å²) in [5.41, 5.74) is 1.90. The van der Waals surface area contributed by atoms with Crippen molar-refractivity contribution in [3.8, 4) is 0 Å². The molecule has 0 fully saturated rings. The molecule has 0 heterocycles. The lowest BCUT2D eigenvalue weighted by atomic mass is 10.0. The van der Waals surface area contributed by atoms with Crippen molar-refractivity contribution in [3.63, 3.8) is 0 Å². The van der Waals surface area contributed by atoms with E-state index in [0.717, 1.165) is 15.7 Å². The number of aliphatic carboxylic acids is 1. The zero-order chi connectivity index (χ0) is 12.3. The van der Waals surface area contributed by atoms with E-state index in [1.54, 1.807) is 0 Å². The van der Waals surface area contributed by atoms with Crippen LogP contribution in [0.2, 0.25) is 0 Å². The summed E-state index contributed by atoms with van der Waals surface area (Å²) in [6, 6.07) is 5.18. The summed E-state index contributed by atoms with van der Waals surface area (Å²) in [4.78, 5) is 11.1. The number of nitrogens with one attached hydrogen (secondary N) is 1. The van der Waals surface area contributed by atoms with Crippen molar-refractivity contribution < 1.29 is 9.90 Å². The van der Waals surface area contributed by atoms with E-state index in [-0.39, 0.29) is 5.92 Å². The van der Waals surface area contributed by atoms with Crippen molar-refractivity contribution in [2.45, 2.75) is 26.8 Å². The zero-order valence-corrected chi connectivity index (χ0v) is 11.2. The van der Waals surface area contributed by atoms with Gasteiger partial charge in [0.2, 0.25) is 0 Å². The second-order valence-corrected chi connectivity index (χ2v) is 4.93. The van der Waals surface area contributed by atoms with E-state index >= 15 is 0 Å². The lowest BCUT2D eigenvalue weighted by Gasteiger charge is -2.20. The van der Waals surface area contributed by atoms with Crippen molar-refractivity contribution >= 4 is 27.6 Å². The van der Waals surface area contributed by atoms with Crippen molar-refractivity contribution in [1.29, 1.82) is 0 Å². The summed E-state index contributed by atoms with van der Waals surface area (Å²) in [5, 5.41) is 12.1. The smallest absolute Gasteiger partial charge is 0.326 e. The fourth-order valence-electron chi connectivity index (χ4n) is 1.44. The minimum Gasteiger partial charge on any atom is -0.480 e. The van der Waals surface area contributed by atoms with Crippen LogP contribution in [0.25, 0.3) is 0 Å². The summed E-state index contributed by atoms with van der Waals surface area (Å²) >= 11 is 3.45. The monoisotopic (exact) mass is 285 g/mol. The molecule has 0 aliphatic heterocycles. The molecule has 1 aromatic carbocycles. The second kappa shape index (κ2) is 5.34. The molecule has 88 valence electrons. The molecule has 1 rings (SSSR count). The molecule has 0 radical (unpaired) electrons. The maximum absolute atomic E-state index is 11.1. The number of aryl methyl sites for hydroxylation is 1. The van der Waals surface area contributed by atoms with Gasteiger partial charge in [-0.05, 0) is 40.4 Å². The molecule has 0 saturated carbocycles. The Bertz CT molecular complexity index is 391. The maximum Gasteiger partial charge on any atom is 0.326 e. The molecule has 0 bridgehead atoms. The highest BCUT2D eigenvalue weighted by Crippen LogP contribution is 2.27. The fourth-order valence-corrected chi connectivity index (χ4v) is 1.82. The number of halogens is 1. The molecule has 0 aromatic heterocycles. The van der Waals surface area contributed by atoms with E-state index in [9.17, 15) is 4.79 Å². The highest BCUT2D eigenvalue weighted by molar-refractivity contribution is 9.10. The van der Waals surface area contributed by atoms with Crippen LogP contribution < -0.4 is 5.32 Å². The normalized spacial score (nSPS) is 12.6. The molecule has 2 N–H and O–H groups in total. The predicted octanol–water partition coefficient (Wildman–Crippen LogP) is 3.28. The number of carboxylic acid groups (broad SMARTS) is 1. The number of rotatable bonds is 4. The van der Waals surface area contributed by atoms with Crippen molar-refractivity contribution in [1.82, 2.24) is 0 Å². The first kappa shape index (κ1) is 13.0. The Kier molecular flexibility index (Phi) is 4.35. The van der Waals surface area contributed by atoms with Gasteiger partial charge in [0.05, 0.1) is 0 Å². The fraction of sp³-hybridized carbons (Fsp3) is 0.417. The molecule has 0 saturated heterocycles. The first-order valence-electron chi connectivity index (χ1n) is 5.18. The Morgan fingerprint density at radius 3 is 2.56 bits per heavy atom. The van der Waals surface area contributed by atoms with E-state index in [4.69, 9.17) is 5.11 Å². The lowest BCUT2D eigenvalue weighted by molar-refractivity contribution is -0.138. The van der Waals surface area contributed by atoms with Crippen molar-refractivity contribution in [2.24, 2.45) is 5.92 Å². The van der Waals surface area contributed by atoms with E-state index in [1.165, 1.54) is 0 Å². The quantitative estimate of drug-likeness (QED) is 0.893. The van der Waals surface area contributed by atoms with Gasteiger partial charge >= 0.3 is 5.97 Å². The minimum atomic E-state index is -0.830. The average Bonchev–Trinajstić information content (AvgIpc) is 2.19. The molecule has 0 spiro atoms. The Labute approximate surface area is 104 Å². The zero-order valence-electron chi connectivity index (χ0n) is 9.62. The average molecular weight is 286 g/mol. The third kappa shape index (κ3) is 2.98. The molecule has 16 heavy (non-hydrogen) atoms. The van der Waals surface area contributed by atoms with E-state index in [0.29, 0.717) is 0 Å². The van der Waals surface area contributed by atoms with Crippen LogP contribution in [-0.2, 0) is 4.79 Å². The van der Waals surface area contributed by atoms with Crippen LogP contribution in [0.3, 0.4) is 0 Å². The van der Waals surface area contributed by atoms with Gasteiger partial charge in [-0.15, -0.1) is 0 Å². The highest BCUT2D eigenvalue weighted by atomic mass is 79.9. The molecule has 1 atom stereocenters. The Morgan fingerprint density at radius 2 is 2.06 bits per heavy atom. The highest BCUT2D eigenvalue weighted by Gasteiger charge is 2.21. The molecular weight excluding hydrogens is 270 g/mol. The lowest BCUT2D eigenvalue weighted by Crippen LogP contribution is -2.34. The van der Waals surface area contributed by atoms with Gasteiger partial charge in [0.25, 0.3) is 0 Å². The topological polar surface area (TPSA) is 49.3 Å². The van der Waals surface area contributed by atoms with Gasteiger partial charge in [0.15, 0.2) is 0 Å². The van der Waals surface area contributed by atoms with Gasteiger partial charge < -0.3 is 10.4 Å². The number of hydrogen-bond donors (Lipinski definition) is 2. The number of benzene rings is 1. The van der Waals surface area contributed by atoms with Crippen LogP contribution in [-0.4, -0.2) is 17.1 Å². The van der Waals surface area contributed by atoms with Crippen LogP contribution in [0.15, 0.2) is 22.7 Å². The molecule has 4 heteroatoms. The number of anilines is 1. The number of carboxylic acids is 1. The molecule has 1 unspecified atom stereocenters. The number of carbonyl (C=O) groups is 1. The third-order valence-electron chi connectivity index (χ3n) is 2.44.